The lowest BCUT2D eigenvalue weighted by Crippen LogP contribution is -2.23. The number of anilines is 2. The molecular weight excluding hydrogens is 350 g/mol. The molecular formula is C23H15N3O2. The average Bonchev–Trinajstić information content (AvgIpc) is 3.13. The van der Waals surface area contributed by atoms with Crippen molar-refractivity contribution in [2.45, 2.75) is 0 Å². The van der Waals surface area contributed by atoms with Gasteiger partial charge in [0.25, 0.3) is 0 Å². The Morgan fingerprint density at radius 3 is 1.93 bits per heavy atom. The Hall–Kier alpha value is -3.99. The maximum absolute atomic E-state index is 13.3. The monoisotopic (exact) mass is 365 g/mol. The molecule has 0 radical (unpaired) electrons. The average molecular weight is 365 g/mol. The van der Waals surface area contributed by atoms with Crippen LogP contribution in [0.2, 0.25) is 0 Å². The second kappa shape index (κ2) is 6.32. The van der Waals surface area contributed by atoms with Crippen molar-refractivity contribution in [1.29, 1.82) is 0 Å². The number of benzene rings is 3. The minimum absolute atomic E-state index is 0.203. The number of para-hydroxylation sites is 2. The van der Waals surface area contributed by atoms with Gasteiger partial charge in [-0.2, -0.15) is 0 Å². The number of ketones is 2. The third kappa shape index (κ3) is 2.45. The van der Waals surface area contributed by atoms with Gasteiger partial charge in [-0.15, -0.1) is 5.10 Å². The molecule has 0 aliphatic heterocycles. The van der Waals surface area contributed by atoms with Crippen LogP contribution in [0.1, 0.15) is 32.0 Å². The molecule has 5 rings (SSSR count). The number of aromatic nitrogens is 2. The molecule has 0 fully saturated rings. The van der Waals surface area contributed by atoms with E-state index in [2.05, 4.69) is 10.4 Å². The highest BCUT2D eigenvalue weighted by molar-refractivity contribution is 6.29. The van der Waals surface area contributed by atoms with Crippen molar-refractivity contribution in [1.82, 2.24) is 9.78 Å². The van der Waals surface area contributed by atoms with Crippen molar-refractivity contribution >= 4 is 23.1 Å². The van der Waals surface area contributed by atoms with E-state index in [9.17, 15) is 9.59 Å². The first-order valence-electron chi connectivity index (χ1n) is 8.93. The van der Waals surface area contributed by atoms with Crippen LogP contribution in [0.4, 0.5) is 11.5 Å². The molecule has 0 saturated heterocycles. The molecule has 3 aromatic carbocycles. The van der Waals surface area contributed by atoms with Gasteiger partial charge in [-0.05, 0) is 24.3 Å². The number of fused-ring (bicyclic) bond motifs is 2. The van der Waals surface area contributed by atoms with E-state index in [4.69, 9.17) is 0 Å². The van der Waals surface area contributed by atoms with Crippen LogP contribution in [-0.2, 0) is 0 Å². The minimum atomic E-state index is -0.206. The van der Waals surface area contributed by atoms with Crippen LogP contribution in [-0.4, -0.2) is 21.3 Å². The van der Waals surface area contributed by atoms with Crippen molar-refractivity contribution in [3.05, 3.63) is 107 Å². The lowest BCUT2D eigenvalue weighted by Gasteiger charge is -2.16. The van der Waals surface area contributed by atoms with Gasteiger partial charge < -0.3 is 5.32 Å². The van der Waals surface area contributed by atoms with E-state index < -0.39 is 0 Å². The smallest absolute Gasteiger partial charge is 0.213 e. The summed E-state index contributed by atoms with van der Waals surface area (Å²) in [7, 11) is 0. The summed E-state index contributed by atoms with van der Waals surface area (Å²) in [5.74, 6) is -0.0358. The highest BCUT2D eigenvalue weighted by Gasteiger charge is 2.37. The van der Waals surface area contributed by atoms with Gasteiger partial charge in [0.05, 0.1) is 11.3 Å². The number of nitrogens with zero attached hydrogens (tertiary/aromatic N) is 2. The lowest BCUT2D eigenvalue weighted by atomic mass is 9.87. The van der Waals surface area contributed by atoms with Crippen LogP contribution >= 0.6 is 0 Å². The fourth-order valence-corrected chi connectivity index (χ4v) is 3.49. The highest BCUT2D eigenvalue weighted by atomic mass is 16.1. The van der Waals surface area contributed by atoms with Crippen LogP contribution in [0, 0.1) is 0 Å². The van der Waals surface area contributed by atoms with Gasteiger partial charge in [0.15, 0.2) is 11.6 Å². The Balaban J connectivity index is 1.75. The topological polar surface area (TPSA) is 64.0 Å². The summed E-state index contributed by atoms with van der Waals surface area (Å²) in [5, 5.41) is 7.80. The van der Waals surface area contributed by atoms with Crippen molar-refractivity contribution in [3.63, 3.8) is 0 Å². The molecule has 1 aromatic heterocycles. The zero-order chi connectivity index (χ0) is 19.1. The normalized spacial score (nSPS) is 12.4. The molecule has 0 spiro atoms. The second-order valence-corrected chi connectivity index (χ2v) is 6.51. The molecule has 0 unspecified atom stereocenters. The predicted octanol–water partition coefficient (Wildman–Crippen LogP) is 4.39. The molecule has 4 aromatic rings. The van der Waals surface area contributed by atoms with Gasteiger partial charge in [0, 0.05) is 16.8 Å². The fraction of sp³-hybridized carbons (Fsp3) is 0. The van der Waals surface area contributed by atoms with E-state index in [0.717, 1.165) is 11.4 Å². The molecule has 28 heavy (non-hydrogen) atoms. The number of rotatable bonds is 3. The molecule has 0 atom stereocenters. The van der Waals surface area contributed by atoms with Crippen LogP contribution in [0.3, 0.4) is 0 Å². The third-order valence-electron chi connectivity index (χ3n) is 4.78. The Morgan fingerprint density at radius 2 is 1.25 bits per heavy atom. The van der Waals surface area contributed by atoms with Crippen molar-refractivity contribution in [2.24, 2.45) is 0 Å². The Labute approximate surface area is 161 Å². The standard InChI is InChI=1S/C23H15N3O2/c27-21-17-13-7-8-14-18(17)22(28)20-19(21)23(24-15-9-3-1-4-10-15)25-26(20)16-11-5-2-6-12-16/h1-14H,(H,24,25). The van der Waals surface area contributed by atoms with E-state index >= 15 is 0 Å². The summed E-state index contributed by atoms with van der Waals surface area (Å²) < 4.78 is 1.55. The number of nitrogens with one attached hydrogen (secondary N) is 1. The van der Waals surface area contributed by atoms with Gasteiger partial charge >= 0.3 is 0 Å². The number of hydrogen-bond donors (Lipinski definition) is 1. The molecule has 1 aliphatic carbocycles. The van der Waals surface area contributed by atoms with E-state index in [-0.39, 0.29) is 17.3 Å². The summed E-state index contributed by atoms with van der Waals surface area (Å²) in [5.41, 5.74) is 2.92. The molecule has 0 saturated carbocycles. The molecule has 5 nitrogen and oxygen atoms in total. The van der Waals surface area contributed by atoms with Gasteiger partial charge in [-0.3, -0.25) is 9.59 Å². The maximum atomic E-state index is 13.3. The SMILES string of the molecule is O=C1c2ccccc2C(=O)c2c1c(Nc1ccccc1)nn2-c1ccccc1. The van der Waals surface area contributed by atoms with Gasteiger partial charge in [0.2, 0.25) is 5.78 Å². The predicted molar refractivity (Wildman–Crippen MR) is 107 cm³/mol. The molecule has 1 aliphatic rings. The lowest BCUT2D eigenvalue weighted by molar-refractivity contribution is 0.0975. The van der Waals surface area contributed by atoms with Crippen molar-refractivity contribution in [2.75, 3.05) is 5.32 Å². The zero-order valence-electron chi connectivity index (χ0n) is 14.8. The van der Waals surface area contributed by atoms with Crippen LogP contribution in [0.25, 0.3) is 5.69 Å². The Bertz CT molecular complexity index is 1210. The third-order valence-corrected chi connectivity index (χ3v) is 4.78. The van der Waals surface area contributed by atoms with Crippen LogP contribution in [0.5, 0.6) is 0 Å². The van der Waals surface area contributed by atoms with Crippen LogP contribution < -0.4 is 5.32 Å². The Morgan fingerprint density at radius 1 is 0.679 bits per heavy atom. The van der Waals surface area contributed by atoms with Gasteiger partial charge in [-0.25, -0.2) is 4.68 Å². The molecule has 1 N–H and O–H groups in total. The van der Waals surface area contributed by atoms with E-state index in [1.807, 2.05) is 60.7 Å². The maximum Gasteiger partial charge on any atom is 0.213 e. The fourth-order valence-electron chi connectivity index (χ4n) is 3.49. The first kappa shape index (κ1) is 16.2. The molecule has 5 heteroatoms. The number of carbonyl (C=O) groups is 2. The van der Waals surface area contributed by atoms with Crippen LogP contribution in [0.15, 0.2) is 84.9 Å². The molecule has 0 amide bonds. The van der Waals surface area contributed by atoms with E-state index in [0.29, 0.717) is 22.5 Å². The number of hydrogen-bond acceptors (Lipinski definition) is 4. The summed E-state index contributed by atoms with van der Waals surface area (Å²) >= 11 is 0. The molecule has 0 bridgehead atoms. The Kier molecular flexibility index (Phi) is 3.66. The van der Waals surface area contributed by atoms with E-state index in [1.54, 1.807) is 28.9 Å². The summed E-state index contributed by atoms with van der Waals surface area (Å²) in [6.07, 6.45) is 0. The van der Waals surface area contributed by atoms with Crippen molar-refractivity contribution < 1.29 is 9.59 Å². The molecule has 1 heterocycles. The minimum Gasteiger partial charge on any atom is -0.338 e. The summed E-state index contributed by atoms with van der Waals surface area (Å²) in [6.45, 7) is 0. The zero-order valence-corrected chi connectivity index (χ0v) is 14.8. The summed E-state index contributed by atoms with van der Waals surface area (Å²) in [6, 6.07) is 25.7. The highest BCUT2D eigenvalue weighted by Crippen LogP contribution is 2.34. The first-order chi connectivity index (χ1) is 13.7. The van der Waals surface area contributed by atoms with Gasteiger partial charge in [-0.1, -0.05) is 60.7 Å². The summed E-state index contributed by atoms with van der Waals surface area (Å²) in [4.78, 5) is 26.5. The van der Waals surface area contributed by atoms with Crippen molar-refractivity contribution in [3.8, 4) is 5.69 Å². The molecule has 134 valence electrons. The van der Waals surface area contributed by atoms with Gasteiger partial charge in [0.1, 0.15) is 5.69 Å². The largest absolute Gasteiger partial charge is 0.338 e. The number of carbonyl (C=O) groups excluding carboxylic acids is 2. The second-order valence-electron chi connectivity index (χ2n) is 6.51. The first-order valence-corrected chi connectivity index (χ1v) is 8.93. The quantitative estimate of drug-likeness (QED) is 0.515. The van der Waals surface area contributed by atoms with E-state index in [1.165, 1.54) is 0 Å².